The Morgan fingerprint density at radius 1 is 0.694 bits per heavy atom. The fourth-order valence-corrected chi connectivity index (χ4v) is 10.5. The first-order valence-electron chi connectivity index (χ1n) is 21.1. The standard InChI is InChI=1S/C22H30ClNO6S.C21H31NO5S.CO2/c1-5-14(6-2)30-19-18(21(23)25)17(24(27)28)12-16(22(26)29-7-3)20(19)31-15-10-8-13(4)9-11-15;1-5-16(6-2)27-19-13-15(22(24)25)12-18(21(23)26-7-3)20(19)28-17-10-8-14(4)9-11-17;2-1-3/h8-11,14,16-20H,5-7,12H2,1-4H3;8-11,15-16,18-20H,5-7,12-13H2,1-4H3;/t16-,17+,18-,19+,20-;15-,18+,19-,20+;/m10./s1. The number of benzene rings is 2. The Morgan fingerprint density at radius 2 is 1.11 bits per heavy atom. The molecule has 0 unspecified atom stereocenters. The van der Waals surface area contributed by atoms with Crippen LogP contribution in [0.4, 0.5) is 0 Å². The van der Waals surface area contributed by atoms with Gasteiger partial charge in [0.15, 0.2) is 0 Å². The Kier molecular flexibility index (Phi) is 24.5. The highest BCUT2D eigenvalue weighted by Gasteiger charge is 2.57. The molecule has 0 heterocycles. The Bertz CT molecular complexity index is 1760. The third-order valence-corrected chi connectivity index (χ3v) is 14.0. The number of esters is 2. The lowest BCUT2D eigenvalue weighted by atomic mass is 9.76. The lowest BCUT2D eigenvalue weighted by Gasteiger charge is -2.42. The van der Waals surface area contributed by atoms with Gasteiger partial charge in [-0.15, -0.1) is 23.5 Å². The van der Waals surface area contributed by atoms with E-state index < -0.39 is 57.3 Å². The van der Waals surface area contributed by atoms with E-state index in [1.165, 1.54) is 11.8 Å². The summed E-state index contributed by atoms with van der Waals surface area (Å²) in [4.78, 5) is 78.7. The van der Waals surface area contributed by atoms with Crippen LogP contribution in [-0.2, 0) is 42.9 Å². The SMILES string of the molecule is CCOC(=O)[C@@H]1C[C@H]([N+](=O)[O-])C[C@H](OC(CC)CC)[C@@H]1Sc1ccc(C)cc1.CCOC(=O)[C@@H]1C[C@H]([N+](=O)[O-])[C@@H](C(=O)Cl)[C@H](OC(CC)CC)[C@@H]1Sc1ccc(C)cc1.O=C=O. The first-order valence-corrected chi connectivity index (χ1v) is 23.2. The molecule has 0 saturated heterocycles. The van der Waals surface area contributed by atoms with E-state index in [0.717, 1.165) is 33.8 Å². The number of hydrogen-bond acceptors (Lipinski definition) is 15. The quantitative estimate of drug-likeness (QED) is 0.0559. The van der Waals surface area contributed by atoms with Gasteiger partial charge in [-0.25, -0.2) is 0 Å². The molecule has 15 nitrogen and oxygen atoms in total. The number of carbonyl (C=O) groups is 3. The van der Waals surface area contributed by atoms with Crippen molar-refractivity contribution < 1.29 is 52.8 Å². The third-order valence-electron chi connectivity index (χ3n) is 10.9. The minimum atomic E-state index is -1.31. The number of carbonyl (C=O) groups excluding carboxylic acids is 5. The molecule has 0 radical (unpaired) electrons. The summed E-state index contributed by atoms with van der Waals surface area (Å²) < 4.78 is 23.1. The van der Waals surface area contributed by atoms with Gasteiger partial charge in [0.2, 0.25) is 17.3 Å². The van der Waals surface area contributed by atoms with Crippen molar-refractivity contribution in [3.05, 3.63) is 79.9 Å². The van der Waals surface area contributed by atoms with E-state index >= 15 is 0 Å². The third kappa shape index (κ3) is 16.4. The van der Waals surface area contributed by atoms with Crippen molar-refractivity contribution in [3.8, 4) is 0 Å². The summed E-state index contributed by atoms with van der Waals surface area (Å²) in [7, 11) is 0. The molecule has 0 amide bonds. The Balaban J connectivity index is 0.000000403. The first kappa shape index (κ1) is 54.3. The number of thioether (sulfide) groups is 2. The summed E-state index contributed by atoms with van der Waals surface area (Å²) in [5, 5.41) is 21.8. The van der Waals surface area contributed by atoms with Crippen LogP contribution in [-0.4, -0.2) is 93.4 Å². The van der Waals surface area contributed by atoms with E-state index in [1.54, 1.807) is 25.6 Å². The van der Waals surface area contributed by atoms with Gasteiger partial charge in [0.05, 0.1) is 54.7 Å². The normalized spacial score (nSPS) is 24.3. The van der Waals surface area contributed by atoms with Crippen molar-refractivity contribution in [2.24, 2.45) is 17.8 Å². The average molecular weight is 926 g/mol. The largest absolute Gasteiger partial charge is 0.466 e. The van der Waals surface area contributed by atoms with Crippen LogP contribution in [0.2, 0.25) is 0 Å². The molecule has 18 heteroatoms. The zero-order valence-electron chi connectivity index (χ0n) is 36.7. The predicted octanol–water partition coefficient (Wildman–Crippen LogP) is 8.70. The van der Waals surface area contributed by atoms with Crippen molar-refractivity contribution in [2.75, 3.05) is 13.2 Å². The van der Waals surface area contributed by atoms with Gasteiger partial charge in [-0.1, -0.05) is 63.1 Å². The smallest absolute Gasteiger partial charge is 0.373 e. The van der Waals surface area contributed by atoms with Gasteiger partial charge in [-0.3, -0.25) is 34.6 Å². The zero-order chi connectivity index (χ0) is 46.5. The maximum absolute atomic E-state index is 12.8. The number of ether oxygens (including phenoxy) is 4. The van der Waals surface area contributed by atoms with Gasteiger partial charge in [0.1, 0.15) is 5.92 Å². The summed E-state index contributed by atoms with van der Waals surface area (Å²) in [5.41, 5.74) is 2.25. The van der Waals surface area contributed by atoms with Gasteiger partial charge in [0, 0.05) is 44.1 Å². The lowest BCUT2D eigenvalue weighted by Crippen LogP contribution is -2.57. The molecule has 9 atom stereocenters. The zero-order valence-corrected chi connectivity index (χ0v) is 39.1. The lowest BCUT2D eigenvalue weighted by molar-refractivity contribution is -0.536. The fraction of sp³-hybridized carbons (Fsp3) is 0.636. The van der Waals surface area contributed by atoms with Crippen LogP contribution in [0, 0.1) is 51.8 Å². The molecule has 2 aliphatic rings. The van der Waals surface area contributed by atoms with E-state index in [9.17, 15) is 34.6 Å². The van der Waals surface area contributed by atoms with Gasteiger partial charge in [-0.05, 0) is 89.2 Å². The second-order valence-electron chi connectivity index (χ2n) is 15.1. The molecule has 2 aromatic rings. The van der Waals surface area contributed by atoms with Crippen LogP contribution in [0.3, 0.4) is 0 Å². The van der Waals surface area contributed by atoms with E-state index in [0.29, 0.717) is 19.3 Å². The molecular weight excluding hydrogens is 864 g/mol. The molecule has 0 spiro atoms. The number of nitro groups is 2. The van der Waals surface area contributed by atoms with Crippen molar-refractivity contribution in [2.45, 2.75) is 157 Å². The van der Waals surface area contributed by atoms with Crippen molar-refractivity contribution in [1.82, 2.24) is 0 Å². The first-order chi connectivity index (χ1) is 29.5. The van der Waals surface area contributed by atoms with Crippen LogP contribution < -0.4 is 0 Å². The molecule has 4 rings (SSSR count). The number of rotatable bonds is 19. The summed E-state index contributed by atoms with van der Waals surface area (Å²) in [5.74, 6) is -3.39. The molecule has 0 aromatic heterocycles. The monoisotopic (exact) mass is 924 g/mol. The van der Waals surface area contributed by atoms with Gasteiger partial charge >= 0.3 is 18.1 Å². The van der Waals surface area contributed by atoms with Gasteiger partial charge < -0.3 is 18.9 Å². The summed E-state index contributed by atoms with van der Waals surface area (Å²) in [6, 6.07) is 13.8. The molecule has 2 aromatic carbocycles. The molecular formula is C44H61ClN2O13S2. The number of nitrogens with zero attached hydrogens (tertiary/aromatic N) is 2. The molecule has 0 N–H and O–H groups in total. The molecule has 2 aliphatic carbocycles. The van der Waals surface area contributed by atoms with E-state index in [2.05, 4.69) is 0 Å². The van der Waals surface area contributed by atoms with Crippen LogP contribution in [0.5, 0.6) is 0 Å². The minimum absolute atomic E-state index is 0.0273. The molecule has 2 saturated carbocycles. The Morgan fingerprint density at radius 3 is 1.50 bits per heavy atom. The highest BCUT2D eigenvalue weighted by molar-refractivity contribution is 8.00. The number of halogens is 1. The minimum Gasteiger partial charge on any atom is -0.466 e. The van der Waals surface area contributed by atoms with E-state index in [1.807, 2.05) is 90.1 Å². The maximum atomic E-state index is 12.8. The van der Waals surface area contributed by atoms with Crippen molar-refractivity contribution >= 4 is 58.5 Å². The topological polar surface area (TPSA) is 209 Å². The highest BCUT2D eigenvalue weighted by atomic mass is 35.5. The second kappa shape index (κ2) is 28.0. The maximum Gasteiger partial charge on any atom is 0.373 e. The van der Waals surface area contributed by atoms with Crippen LogP contribution in [0.1, 0.15) is 97.6 Å². The summed E-state index contributed by atoms with van der Waals surface area (Å²) >= 11 is 8.84. The Hall–Kier alpha value is -3.86. The van der Waals surface area contributed by atoms with Crippen molar-refractivity contribution in [3.63, 3.8) is 0 Å². The Labute approximate surface area is 377 Å². The second-order valence-corrected chi connectivity index (χ2v) is 17.9. The molecule has 0 bridgehead atoms. The van der Waals surface area contributed by atoms with E-state index in [-0.39, 0.29) is 66.7 Å². The van der Waals surface area contributed by atoms with Gasteiger partial charge in [-0.2, -0.15) is 9.59 Å². The number of aryl methyl sites for hydroxylation is 2. The summed E-state index contributed by atoms with van der Waals surface area (Å²) in [6.07, 6.45) is 2.22. The highest BCUT2D eigenvalue weighted by Crippen LogP contribution is 2.45. The van der Waals surface area contributed by atoms with Gasteiger partial charge in [0.25, 0.3) is 0 Å². The summed E-state index contributed by atoms with van der Waals surface area (Å²) in [6.45, 7) is 15.9. The molecule has 344 valence electrons. The van der Waals surface area contributed by atoms with E-state index in [4.69, 9.17) is 40.1 Å². The van der Waals surface area contributed by atoms with Crippen molar-refractivity contribution in [1.29, 1.82) is 0 Å². The molecule has 0 aliphatic heterocycles. The van der Waals surface area contributed by atoms with Crippen LogP contribution >= 0.6 is 35.1 Å². The predicted molar refractivity (Wildman–Crippen MR) is 235 cm³/mol. The average Bonchev–Trinajstić information content (AvgIpc) is 3.24. The van der Waals surface area contributed by atoms with Crippen LogP contribution in [0.25, 0.3) is 0 Å². The fourth-order valence-electron chi connectivity index (χ4n) is 7.59. The molecule has 62 heavy (non-hydrogen) atoms. The van der Waals surface area contributed by atoms with Crippen LogP contribution in [0.15, 0.2) is 58.3 Å². The molecule has 2 fully saturated rings. The number of hydrogen-bond donors (Lipinski definition) is 0.